The monoisotopic (exact) mass is 302 g/mol. The number of hydrogen-bond acceptors (Lipinski definition) is 4. The van der Waals surface area contributed by atoms with Crippen molar-refractivity contribution in [2.75, 3.05) is 13.1 Å². The molecule has 0 saturated carbocycles. The lowest BCUT2D eigenvalue weighted by molar-refractivity contribution is 0.0670. The Balaban J connectivity index is 1.71. The molecule has 6 heteroatoms. The summed E-state index contributed by atoms with van der Waals surface area (Å²) in [4.78, 5) is 14.8. The number of aromatic amines is 1. The van der Waals surface area contributed by atoms with Crippen molar-refractivity contribution in [3.8, 4) is 0 Å². The molecule has 1 saturated heterocycles. The summed E-state index contributed by atoms with van der Waals surface area (Å²) in [5, 5.41) is 11.0. The summed E-state index contributed by atoms with van der Waals surface area (Å²) < 4.78 is 5.20. The molecular weight excluding hydrogens is 280 g/mol. The quantitative estimate of drug-likeness (QED) is 0.940. The number of rotatable bonds is 4. The standard InChI is InChI=1S/C16H22N4O2/c1-3-14-15(11(2)22-19-14)16(21)20-8-4-5-12(10-20)9-13-6-7-17-18-13/h6-7,12H,3-5,8-10H2,1-2H3,(H,17,18). The first-order valence-corrected chi connectivity index (χ1v) is 7.91. The molecule has 0 radical (unpaired) electrons. The second-order valence-corrected chi connectivity index (χ2v) is 5.96. The summed E-state index contributed by atoms with van der Waals surface area (Å²) in [5.74, 6) is 1.16. The number of nitrogens with one attached hydrogen (secondary N) is 1. The minimum Gasteiger partial charge on any atom is -0.361 e. The van der Waals surface area contributed by atoms with Crippen LogP contribution in [0.4, 0.5) is 0 Å². The predicted octanol–water partition coefficient (Wildman–Crippen LogP) is 2.36. The Kier molecular flexibility index (Phi) is 4.27. The molecule has 3 rings (SSSR count). The van der Waals surface area contributed by atoms with Crippen molar-refractivity contribution in [2.45, 2.75) is 39.5 Å². The number of carbonyl (C=O) groups is 1. The third kappa shape index (κ3) is 2.91. The third-order valence-electron chi connectivity index (χ3n) is 4.36. The summed E-state index contributed by atoms with van der Waals surface area (Å²) in [7, 11) is 0. The minimum absolute atomic E-state index is 0.0601. The van der Waals surface area contributed by atoms with E-state index in [2.05, 4.69) is 15.4 Å². The predicted molar refractivity (Wildman–Crippen MR) is 81.5 cm³/mol. The van der Waals surface area contributed by atoms with E-state index in [0.29, 0.717) is 23.7 Å². The van der Waals surface area contributed by atoms with E-state index in [0.717, 1.165) is 43.7 Å². The van der Waals surface area contributed by atoms with Crippen LogP contribution >= 0.6 is 0 Å². The third-order valence-corrected chi connectivity index (χ3v) is 4.36. The van der Waals surface area contributed by atoms with Crippen LogP contribution in [0.2, 0.25) is 0 Å². The van der Waals surface area contributed by atoms with Crippen LogP contribution in [0.1, 0.15) is 47.3 Å². The molecule has 22 heavy (non-hydrogen) atoms. The van der Waals surface area contributed by atoms with Gasteiger partial charge in [-0.05, 0) is 44.6 Å². The van der Waals surface area contributed by atoms with Crippen molar-refractivity contribution in [3.63, 3.8) is 0 Å². The van der Waals surface area contributed by atoms with Gasteiger partial charge in [-0.1, -0.05) is 12.1 Å². The molecule has 2 aromatic heterocycles. The van der Waals surface area contributed by atoms with Crippen molar-refractivity contribution < 1.29 is 9.32 Å². The van der Waals surface area contributed by atoms with Gasteiger partial charge in [0.25, 0.3) is 5.91 Å². The molecule has 6 nitrogen and oxygen atoms in total. The Bertz CT molecular complexity index is 633. The number of piperidine rings is 1. The fraction of sp³-hybridized carbons (Fsp3) is 0.562. The minimum atomic E-state index is 0.0601. The van der Waals surface area contributed by atoms with Gasteiger partial charge in [-0.3, -0.25) is 9.89 Å². The summed E-state index contributed by atoms with van der Waals surface area (Å²) in [6, 6.07) is 2.00. The Morgan fingerprint density at radius 3 is 3.14 bits per heavy atom. The molecule has 1 amide bonds. The van der Waals surface area contributed by atoms with Gasteiger partial charge >= 0.3 is 0 Å². The van der Waals surface area contributed by atoms with Crippen LogP contribution in [0.15, 0.2) is 16.8 Å². The van der Waals surface area contributed by atoms with Crippen molar-refractivity contribution in [2.24, 2.45) is 5.92 Å². The van der Waals surface area contributed by atoms with Gasteiger partial charge in [-0.2, -0.15) is 5.10 Å². The zero-order chi connectivity index (χ0) is 15.5. The van der Waals surface area contributed by atoms with E-state index in [1.54, 1.807) is 6.20 Å². The molecule has 1 aliphatic rings. The van der Waals surface area contributed by atoms with E-state index in [1.165, 1.54) is 0 Å². The lowest BCUT2D eigenvalue weighted by Gasteiger charge is -2.32. The van der Waals surface area contributed by atoms with Gasteiger partial charge in [-0.15, -0.1) is 0 Å². The average Bonchev–Trinajstić information content (AvgIpc) is 3.16. The lowest BCUT2D eigenvalue weighted by atomic mass is 9.93. The van der Waals surface area contributed by atoms with Gasteiger partial charge < -0.3 is 9.42 Å². The fourth-order valence-electron chi connectivity index (χ4n) is 3.22. The van der Waals surface area contributed by atoms with E-state index < -0.39 is 0 Å². The SMILES string of the molecule is CCc1noc(C)c1C(=O)N1CCCC(Cc2ccn[nH]2)C1. The van der Waals surface area contributed by atoms with Gasteiger partial charge in [0.15, 0.2) is 0 Å². The average molecular weight is 302 g/mol. The van der Waals surface area contributed by atoms with E-state index in [4.69, 9.17) is 4.52 Å². The van der Waals surface area contributed by atoms with Crippen LogP contribution in [0.25, 0.3) is 0 Å². The number of amides is 1. The Morgan fingerprint density at radius 1 is 1.55 bits per heavy atom. The number of nitrogens with zero attached hydrogens (tertiary/aromatic N) is 3. The highest BCUT2D eigenvalue weighted by Crippen LogP contribution is 2.24. The normalized spacial score (nSPS) is 18.6. The van der Waals surface area contributed by atoms with Gasteiger partial charge in [0, 0.05) is 25.0 Å². The Labute approximate surface area is 129 Å². The second kappa shape index (κ2) is 6.34. The first-order valence-electron chi connectivity index (χ1n) is 7.91. The Hall–Kier alpha value is -2.11. The summed E-state index contributed by atoms with van der Waals surface area (Å²) in [6.45, 7) is 5.40. The van der Waals surface area contributed by atoms with Gasteiger partial charge in [-0.25, -0.2) is 0 Å². The number of aromatic nitrogens is 3. The maximum absolute atomic E-state index is 12.8. The van der Waals surface area contributed by atoms with Crippen molar-refractivity contribution in [1.82, 2.24) is 20.3 Å². The van der Waals surface area contributed by atoms with E-state index in [1.807, 2.05) is 24.8 Å². The molecular formula is C16H22N4O2. The zero-order valence-corrected chi connectivity index (χ0v) is 13.1. The lowest BCUT2D eigenvalue weighted by Crippen LogP contribution is -2.41. The smallest absolute Gasteiger partial charge is 0.259 e. The molecule has 1 aliphatic heterocycles. The number of carbonyl (C=O) groups excluding carboxylic acids is 1. The highest BCUT2D eigenvalue weighted by molar-refractivity contribution is 5.96. The van der Waals surface area contributed by atoms with Crippen LogP contribution in [0.3, 0.4) is 0 Å². The maximum Gasteiger partial charge on any atom is 0.259 e. The molecule has 1 unspecified atom stereocenters. The van der Waals surface area contributed by atoms with E-state index >= 15 is 0 Å². The van der Waals surface area contributed by atoms with Gasteiger partial charge in [0.05, 0.1) is 5.69 Å². The molecule has 0 aliphatic carbocycles. The second-order valence-electron chi connectivity index (χ2n) is 5.96. The van der Waals surface area contributed by atoms with E-state index in [9.17, 15) is 4.79 Å². The molecule has 1 fully saturated rings. The number of hydrogen-bond donors (Lipinski definition) is 1. The summed E-state index contributed by atoms with van der Waals surface area (Å²) >= 11 is 0. The van der Waals surface area contributed by atoms with E-state index in [-0.39, 0.29) is 5.91 Å². The molecule has 1 atom stereocenters. The maximum atomic E-state index is 12.8. The molecule has 0 aromatic carbocycles. The van der Waals surface area contributed by atoms with Crippen molar-refractivity contribution in [3.05, 3.63) is 35.0 Å². The van der Waals surface area contributed by atoms with Crippen molar-refractivity contribution in [1.29, 1.82) is 0 Å². The largest absolute Gasteiger partial charge is 0.361 e. The van der Waals surface area contributed by atoms with Crippen LogP contribution in [0, 0.1) is 12.8 Å². The summed E-state index contributed by atoms with van der Waals surface area (Å²) in [6.07, 6.45) is 5.61. The first-order chi connectivity index (χ1) is 10.7. The van der Waals surface area contributed by atoms with Crippen molar-refractivity contribution >= 4 is 5.91 Å². The topological polar surface area (TPSA) is 75.0 Å². The van der Waals surface area contributed by atoms with Crippen LogP contribution in [0.5, 0.6) is 0 Å². The highest BCUT2D eigenvalue weighted by atomic mass is 16.5. The first kappa shape index (κ1) is 14.8. The van der Waals surface area contributed by atoms with Gasteiger partial charge in [0.1, 0.15) is 11.3 Å². The molecule has 118 valence electrons. The molecule has 3 heterocycles. The number of likely N-dealkylation sites (tertiary alicyclic amines) is 1. The zero-order valence-electron chi connectivity index (χ0n) is 13.1. The van der Waals surface area contributed by atoms with Crippen LogP contribution in [-0.4, -0.2) is 39.3 Å². The summed E-state index contributed by atoms with van der Waals surface area (Å²) in [5.41, 5.74) is 2.55. The molecule has 0 bridgehead atoms. The Morgan fingerprint density at radius 2 is 2.41 bits per heavy atom. The number of H-pyrrole nitrogens is 1. The molecule has 0 spiro atoms. The van der Waals surface area contributed by atoms with Gasteiger partial charge in [0.2, 0.25) is 0 Å². The molecule has 2 aromatic rings. The fourth-order valence-corrected chi connectivity index (χ4v) is 3.22. The number of aryl methyl sites for hydroxylation is 2. The van der Waals surface area contributed by atoms with Crippen LogP contribution < -0.4 is 0 Å². The van der Waals surface area contributed by atoms with Crippen LogP contribution in [-0.2, 0) is 12.8 Å². The molecule has 1 N–H and O–H groups in total. The highest BCUT2D eigenvalue weighted by Gasteiger charge is 2.29.